The van der Waals surface area contributed by atoms with Crippen molar-refractivity contribution in [1.29, 1.82) is 5.26 Å². The van der Waals surface area contributed by atoms with Gasteiger partial charge in [0.1, 0.15) is 29.4 Å². The lowest BCUT2D eigenvalue weighted by molar-refractivity contribution is -0.155. The Kier molecular flexibility index (Phi) is 10.2. The van der Waals surface area contributed by atoms with Crippen LogP contribution < -0.4 is 20.3 Å². The van der Waals surface area contributed by atoms with Crippen LogP contribution in [0.3, 0.4) is 0 Å². The van der Waals surface area contributed by atoms with Crippen molar-refractivity contribution < 1.29 is 28.7 Å². The first-order valence-electron chi connectivity index (χ1n) is 20.6. The SMILES string of the molecule is N#Cc1ccc(OC2CCC(N3C(=O)CCC(N4C(=O)c5ccc(N6CCC7(CC6)CN(C6CCN(c8cnc(C(N)=O)cn8)CC6)C7)cc5C4=O)C3=O)CC2)cc1Cl. The minimum Gasteiger partial charge on any atom is -0.490 e. The first-order valence-corrected chi connectivity index (χ1v) is 21.0. The van der Waals surface area contributed by atoms with Gasteiger partial charge in [-0.25, -0.2) is 9.97 Å². The number of nitriles is 1. The van der Waals surface area contributed by atoms with Gasteiger partial charge in [0.2, 0.25) is 5.91 Å². The van der Waals surface area contributed by atoms with Crippen molar-refractivity contribution in [2.24, 2.45) is 11.1 Å². The molecule has 0 bridgehead atoms. The van der Waals surface area contributed by atoms with Crippen LogP contribution in [0.2, 0.25) is 5.02 Å². The topological polar surface area (TPSA) is 186 Å². The van der Waals surface area contributed by atoms with E-state index >= 15 is 0 Å². The lowest BCUT2D eigenvalue weighted by atomic mass is 9.70. The van der Waals surface area contributed by atoms with E-state index < -0.39 is 29.7 Å². The number of carbonyl (C=O) groups excluding carboxylic acids is 5. The number of carbonyl (C=O) groups is 5. The van der Waals surface area contributed by atoms with Gasteiger partial charge in [-0.05, 0) is 93.5 Å². The van der Waals surface area contributed by atoms with E-state index in [1.54, 1.807) is 36.5 Å². The van der Waals surface area contributed by atoms with Gasteiger partial charge < -0.3 is 20.3 Å². The second kappa shape index (κ2) is 15.5. The molecule has 3 aromatic rings. The number of hydrogen-bond donors (Lipinski definition) is 1. The lowest BCUT2D eigenvalue weighted by Gasteiger charge is -2.57. The zero-order valence-corrected chi connectivity index (χ0v) is 33.5. The summed E-state index contributed by atoms with van der Waals surface area (Å²) in [6.07, 6.45) is 9.52. The number of rotatable bonds is 8. The van der Waals surface area contributed by atoms with Crippen molar-refractivity contribution in [1.82, 2.24) is 24.7 Å². The van der Waals surface area contributed by atoms with Gasteiger partial charge >= 0.3 is 0 Å². The van der Waals surface area contributed by atoms with Gasteiger partial charge in [-0.2, -0.15) is 5.26 Å². The summed E-state index contributed by atoms with van der Waals surface area (Å²) >= 11 is 6.18. The maximum absolute atomic E-state index is 14.0. The van der Waals surface area contributed by atoms with Gasteiger partial charge in [-0.3, -0.25) is 38.7 Å². The number of hydrogen-bond acceptors (Lipinski definition) is 12. The number of piperidine rings is 3. The van der Waals surface area contributed by atoms with E-state index in [-0.39, 0.29) is 42.0 Å². The molecule has 2 N–H and O–H groups in total. The molecule has 1 atom stereocenters. The van der Waals surface area contributed by atoms with Crippen LogP contribution in [-0.4, -0.2) is 118 Å². The Hall–Kier alpha value is -5.59. The largest absolute Gasteiger partial charge is 0.490 e. The van der Waals surface area contributed by atoms with E-state index in [9.17, 15) is 24.0 Å². The molecular weight excluding hydrogens is 774 g/mol. The fourth-order valence-electron chi connectivity index (χ4n) is 10.1. The monoisotopic (exact) mass is 819 g/mol. The third-order valence-corrected chi connectivity index (χ3v) is 13.8. The highest BCUT2D eigenvalue weighted by Crippen LogP contribution is 2.44. The molecule has 15 nitrogen and oxygen atoms in total. The number of primary amides is 1. The van der Waals surface area contributed by atoms with Crippen LogP contribution in [0.4, 0.5) is 11.5 Å². The highest BCUT2D eigenvalue weighted by atomic mass is 35.5. The fraction of sp³-hybridized carbons (Fsp3) is 0.488. The average Bonchev–Trinajstić information content (AvgIpc) is 3.48. The zero-order chi connectivity index (χ0) is 41.0. The van der Waals surface area contributed by atoms with Crippen LogP contribution in [0, 0.1) is 16.7 Å². The van der Waals surface area contributed by atoms with E-state index in [1.165, 1.54) is 11.1 Å². The van der Waals surface area contributed by atoms with Crippen molar-refractivity contribution in [2.75, 3.05) is 49.1 Å². The minimum atomic E-state index is -1.04. The fourth-order valence-corrected chi connectivity index (χ4v) is 10.3. The molecule has 59 heavy (non-hydrogen) atoms. The number of aromatic nitrogens is 2. The van der Waals surface area contributed by atoms with Gasteiger partial charge in [0, 0.05) is 69.5 Å². The highest BCUT2D eigenvalue weighted by molar-refractivity contribution is 6.31. The molecule has 1 aromatic heterocycles. The van der Waals surface area contributed by atoms with E-state index in [2.05, 4.69) is 24.7 Å². The normalized spacial score (nSPS) is 24.9. The predicted molar refractivity (Wildman–Crippen MR) is 216 cm³/mol. The number of fused-ring (bicyclic) bond motifs is 1. The molecular formula is C43H46ClN9O6. The first kappa shape index (κ1) is 38.9. The average molecular weight is 820 g/mol. The van der Waals surface area contributed by atoms with Crippen LogP contribution in [0.5, 0.6) is 5.75 Å². The Labute approximate surface area is 347 Å². The van der Waals surface area contributed by atoms with Crippen LogP contribution in [0.1, 0.15) is 101 Å². The molecule has 1 spiro atoms. The summed E-state index contributed by atoms with van der Waals surface area (Å²) in [6, 6.07) is 11.5. The number of benzene rings is 2. The lowest BCUT2D eigenvalue weighted by Crippen LogP contribution is -2.64. The maximum atomic E-state index is 14.0. The zero-order valence-electron chi connectivity index (χ0n) is 32.7. The molecule has 5 fully saturated rings. The van der Waals surface area contributed by atoms with Gasteiger partial charge in [-0.1, -0.05) is 11.6 Å². The molecule has 6 aliphatic rings. The second-order valence-electron chi connectivity index (χ2n) is 16.9. The molecule has 1 aliphatic carbocycles. The molecule has 1 saturated carbocycles. The summed E-state index contributed by atoms with van der Waals surface area (Å²) in [5.74, 6) is -1.01. The molecule has 6 heterocycles. The van der Waals surface area contributed by atoms with Gasteiger partial charge in [0.15, 0.2) is 0 Å². The predicted octanol–water partition coefficient (Wildman–Crippen LogP) is 4.18. The van der Waals surface area contributed by atoms with Crippen molar-refractivity contribution in [3.63, 3.8) is 0 Å². The number of ether oxygens (including phenoxy) is 1. The Balaban J connectivity index is 0.773. The number of halogens is 1. The molecule has 0 radical (unpaired) electrons. The third kappa shape index (κ3) is 7.26. The Morgan fingerprint density at radius 2 is 1.54 bits per heavy atom. The summed E-state index contributed by atoms with van der Waals surface area (Å²) in [5, 5.41) is 9.47. The van der Waals surface area contributed by atoms with E-state index in [1.807, 2.05) is 12.1 Å². The van der Waals surface area contributed by atoms with E-state index in [4.69, 9.17) is 27.3 Å². The van der Waals surface area contributed by atoms with E-state index in [0.717, 1.165) is 81.4 Å². The maximum Gasteiger partial charge on any atom is 0.268 e. The smallest absolute Gasteiger partial charge is 0.268 e. The van der Waals surface area contributed by atoms with Crippen LogP contribution >= 0.6 is 11.6 Å². The number of nitrogens with zero attached hydrogens (tertiary/aromatic N) is 8. The van der Waals surface area contributed by atoms with Crippen molar-refractivity contribution >= 4 is 52.6 Å². The number of nitrogens with two attached hydrogens (primary N) is 1. The number of amides is 5. The van der Waals surface area contributed by atoms with Crippen molar-refractivity contribution in [3.05, 3.63) is 76.2 Å². The summed E-state index contributed by atoms with van der Waals surface area (Å²) < 4.78 is 6.11. The Morgan fingerprint density at radius 1 is 0.814 bits per heavy atom. The van der Waals surface area contributed by atoms with Gasteiger partial charge in [0.05, 0.1) is 40.2 Å². The van der Waals surface area contributed by atoms with Gasteiger partial charge in [-0.15, -0.1) is 0 Å². The molecule has 1 unspecified atom stereocenters. The molecule has 5 amide bonds. The Bertz CT molecular complexity index is 2230. The molecule has 16 heteroatoms. The standard InChI is InChI=1S/C43H46ClN9O6/c44-34-20-31(5-1-26(34)21-45)59-30-6-2-28(3-7-30)52-38(54)10-9-36(42(52)58)53-40(56)32-8-4-29(19-33(32)41(53)57)49-17-13-43(14-18-49)24-51(25-43)27-11-15-50(16-12-27)37-23-47-35(22-48-37)39(46)55/h1,4-5,8,19-20,22-23,27-28,30,36H,2-3,6-7,9-18,24-25H2,(H2,46,55). The summed E-state index contributed by atoms with van der Waals surface area (Å²) in [6.45, 7) is 5.61. The van der Waals surface area contributed by atoms with Crippen molar-refractivity contribution in [2.45, 2.75) is 88.4 Å². The summed E-state index contributed by atoms with van der Waals surface area (Å²) in [5.41, 5.74) is 7.60. The van der Waals surface area contributed by atoms with Gasteiger partial charge in [0.25, 0.3) is 23.6 Å². The first-order chi connectivity index (χ1) is 28.5. The molecule has 9 rings (SSSR count). The number of anilines is 2. The minimum absolute atomic E-state index is 0.0740. The summed E-state index contributed by atoms with van der Waals surface area (Å²) in [4.78, 5) is 84.4. The van der Waals surface area contributed by atoms with E-state index in [0.29, 0.717) is 59.2 Å². The number of imide groups is 2. The summed E-state index contributed by atoms with van der Waals surface area (Å²) in [7, 11) is 0. The van der Waals surface area contributed by atoms with Crippen LogP contribution in [0.15, 0.2) is 48.8 Å². The van der Waals surface area contributed by atoms with Crippen LogP contribution in [0.25, 0.3) is 0 Å². The third-order valence-electron chi connectivity index (χ3n) is 13.5. The molecule has 306 valence electrons. The second-order valence-corrected chi connectivity index (χ2v) is 17.3. The Morgan fingerprint density at radius 3 is 2.20 bits per heavy atom. The molecule has 5 aliphatic heterocycles. The highest BCUT2D eigenvalue weighted by Gasteiger charge is 2.50. The van der Waals surface area contributed by atoms with Crippen LogP contribution in [-0.2, 0) is 9.59 Å². The molecule has 4 saturated heterocycles. The number of likely N-dealkylation sites (tertiary alicyclic amines) is 2. The van der Waals surface area contributed by atoms with Crippen molar-refractivity contribution in [3.8, 4) is 11.8 Å². The molecule has 2 aromatic carbocycles. The quantitative estimate of drug-likeness (QED) is 0.320.